The van der Waals surface area contributed by atoms with E-state index < -0.39 is 0 Å². The number of methoxy groups -OCH3 is 1. The van der Waals surface area contributed by atoms with E-state index in [4.69, 9.17) is 16.3 Å². The summed E-state index contributed by atoms with van der Waals surface area (Å²) >= 11 is 5.84. The second-order valence-electron chi connectivity index (χ2n) is 4.32. The van der Waals surface area contributed by atoms with Gasteiger partial charge in [-0.15, -0.1) is 0 Å². The first-order valence-corrected chi connectivity index (χ1v) is 6.69. The summed E-state index contributed by atoms with van der Waals surface area (Å²) in [5.41, 5.74) is 0.892. The standard InChI is InChI=1S/C16H14ClNO3/c1-21-15-9-12(17)7-8-13(15)16(20)18-10-14(19)11-5-3-2-4-6-11/h2-9H,10H2,1H3,(H,18,20). The number of ketones is 1. The van der Waals surface area contributed by atoms with Crippen molar-refractivity contribution in [2.24, 2.45) is 0 Å². The van der Waals surface area contributed by atoms with Gasteiger partial charge in [0.15, 0.2) is 5.78 Å². The molecule has 1 amide bonds. The molecule has 0 aliphatic heterocycles. The molecule has 0 saturated heterocycles. The molecule has 0 spiro atoms. The Labute approximate surface area is 127 Å². The van der Waals surface area contributed by atoms with Gasteiger partial charge in [0.2, 0.25) is 0 Å². The number of nitrogens with one attached hydrogen (secondary N) is 1. The molecule has 2 aromatic carbocycles. The predicted molar refractivity (Wildman–Crippen MR) is 81.1 cm³/mol. The van der Waals surface area contributed by atoms with Crippen molar-refractivity contribution in [3.63, 3.8) is 0 Å². The number of Topliss-reactive ketones (excluding diaryl/α,β-unsaturated/α-hetero) is 1. The van der Waals surface area contributed by atoms with Gasteiger partial charge < -0.3 is 10.1 Å². The molecule has 0 aromatic heterocycles. The molecule has 1 N–H and O–H groups in total. The van der Waals surface area contributed by atoms with Crippen LogP contribution in [0.5, 0.6) is 5.75 Å². The van der Waals surface area contributed by atoms with E-state index in [-0.39, 0.29) is 18.2 Å². The first-order valence-electron chi connectivity index (χ1n) is 6.32. The fourth-order valence-electron chi connectivity index (χ4n) is 1.83. The summed E-state index contributed by atoms with van der Waals surface area (Å²) in [6.07, 6.45) is 0. The lowest BCUT2D eigenvalue weighted by atomic mass is 10.1. The highest BCUT2D eigenvalue weighted by atomic mass is 35.5. The van der Waals surface area contributed by atoms with Gasteiger partial charge in [-0.25, -0.2) is 0 Å². The van der Waals surface area contributed by atoms with Crippen molar-refractivity contribution in [3.8, 4) is 5.75 Å². The highest BCUT2D eigenvalue weighted by Gasteiger charge is 2.14. The van der Waals surface area contributed by atoms with Crippen LogP contribution in [-0.2, 0) is 0 Å². The Hall–Kier alpha value is -2.33. The third-order valence-electron chi connectivity index (χ3n) is 2.91. The SMILES string of the molecule is COc1cc(Cl)ccc1C(=O)NCC(=O)c1ccccc1. The molecule has 2 aromatic rings. The zero-order valence-corrected chi connectivity index (χ0v) is 12.2. The highest BCUT2D eigenvalue weighted by molar-refractivity contribution is 6.30. The lowest BCUT2D eigenvalue weighted by Crippen LogP contribution is -2.29. The van der Waals surface area contributed by atoms with E-state index in [2.05, 4.69) is 5.32 Å². The van der Waals surface area contributed by atoms with Crippen LogP contribution in [0.15, 0.2) is 48.5 Å². The topological polar surface area (TPSA) is 55.4 Å². The summed E-state index contributed by atoms with van der Waals surface area (Å²) in [5.74, 6) is -0.170. The largest absolute Gasteiger partial charge is 0.496 e. The van der Waals surface area contributed by atoms with Crippen LogP contribution >= 0.6 is 11.6 Å². The molecular weight excluding hydrogens is 290 g/mol. The summed E-state index contributed by atoms with van der Waals surface area (Å²) < 4.78 is 5.11. The Morgan fingerprint density at radius 2 is 1.86 bits per heavy atom. The van der Waals surface area contributed by atoms with Gasteiger partial charge in [0.1, 0.15) is 5.75 Å². The zero-order valence-electron chi connectivity index (χ0n) is 11.4. The lowest BCUT2D eigenvalue weighted by molar-refractivity contribution is 0.0902. The van der Waals surface area contributed by atoms with Gasteiger partial charge >= 0.3 is 0 Å². The molecular formula is C16H14ClNO3. The molecule has 0 aliphatic rings. The highest BCUT2D eigenvalue weighted by Crippen LogP contribution is 2.22. The molecule has 108 valence electrons. The predicted octanol–water partition coefficient (Wildman–Crippen LogP) is 2.96. The van der Waals surface area contributed by atoms with Gasteiger partial charge in [-0.05, 0) is 18.2 Å². The van der Waals surface area contributed by atoms with Crippen LogP contribution in [0.4, 0.5) is 0 Å². The Balaban J connectivity index is 2.04. The van der Waals surface area contributed by atoms with Crippen molar-refractivity contribution in [3.05, 3.63) is 64.7 Å². The van der Waals surface area contributed by atoms with E-state index in [9.17, 15) is 9.59 Å². The van der Waals surface area contributed by atoms with E-state index in [1.165, 1.54) is 7.11 Å². The second kappa shape index (κ2) is 6.90. The molecule has 0 saturated carbocycles. The van der Waals surface area contributed by atoms with Crippen molar-refractivity contribution in [2.75, 3.05) is 13.7 Å². The molecule has 0 fully saturated rings. The van der Waals surface area contributed by atoms with Gasteiger partial charge in [0.05, 0.1) is 19.2 Å². The Bertz CT molecular complexity index is 656. The fourth-order valence-corrected chi connectivity index (χ4v) is 2.00. The maximum atomic E-state index is 12.1. The van der Waals surface area contributed by atoms with Gasteiger partial charge in [-0.2, -0.15) is 0 Å². The summed E-state index contributed by atoms with van der Waals surface area (Å²) in [4.78, 5) is 24.0. The van der Waals surface area contributed by atoms with E-state index in [0.717, 1.165) is 0 Å². The lowest BCUT2D eigenvalue weighted by Gasteiger charge is -2.09. The molecule has 0 aliphatic carbocycles. The molecule has 4 nitrogen and oxygen atoms in total. The van der Waals surface area contributed by atoms with Gasteiger partial charge in [-0.3, -0.25) is 9.59 Å². The van der Waals surface area contributed by atoms with Gasteiger partial charge in [0.25, 0.3) is 5.91 Å². The molecule has 0 unspecified atom stereocenters. The molecule has 21 heavy (non-hydrogen) atoms. The average molecular weight is 304 g/mol. The number of rotatable bonds is 5. The molecule has 2 rings (SSSR count). The van der Waals surface area contributed by atoms with E-state index >= 15 is 0 Å². The number of halogens is 1. The monoisotopic (exact) mass is 303 g/mol. The summed E-state index contributed by atoms with van der Waals surface area (Å²) in [6.45, 7) is -0.0748. The molecule has 0 bridgehead atoms. The quantitative estimate of drug-likeness (QED) is 0.864. The van der Waals surface area contributed by atoms with Crippen molar-refractivity contribution < 1.29 is 14.3 Å². The average Bonchev–Trinajstić information content (AvgIpc) is 2.52. The summed E-state index contributed by atoms with van der Waals surface area (Å²) in [6, 6.07) is 13.5. The molecule has 5 heteroatoms. The smallest absolute Gasteiger partial charge is 0.255 e. The number of benzene rings is 2. The number of amides is 1. The molecule has 0 heterocycles. The van der Waals surface area contributed by atoms with Crippen molar-refractivity contribution in [2.45, 2.75) is 0 Å². The van der Waals surface area contributed by atoms with Crippen LogP contribution < -0.4 is 10.1 Å². The Morgan fingerprint density at radius 3 is 2.52 bits per heavy atom. The van der Waals surface area contributed by atoms with Gasteiger partial charge in [-0.1, -0.05) is 41.9 Å². The summed E-state index contributed by atoms with van der Waals surface area (Å²) in [7, 11) is 1.46. The normalized spacial score (nSPS) is 10.0. The van der Waals surface area contributed by atoms with Crippen LogP contribution in [0.2, 0.25) is 5.02 Å². The Morgan fingerprint density at radius 1 is 1.14 bits per heavy atom. The van der Waals surface area contributed by atoms with Crippen LogP contribution in [-0.4, -0.2) is 25.3 Å². The maximum absolute atomic E-state index is 12.1. The number of hydrogen-bond acceptors (Lipinski definition) is 3. The first-order chi connectivity index (χ1) is 10.1. The van der Waals surface area contributed by atoms with Gasteiger partial charge in [0, 0.05) is 10.6 Å². The minimum Gasteiger partial charge on any atom is -0.496 e. The van der Waals surface area contributed by atoms with E-state index in [1.54, 1.807) is 42.5 Å². The van der Waals surface area contributed by atoms with Crippen molar-refractivity contribution in [1.29, 1.82) is 0 Å². The minimum atomic E-state index is -0.382. The third-order valence-corrected chi connectivity index (χ3v) is 3.15. The number of ether oxygens (including phenoxy) is 1. The number of carbonyl (C=O) groups is 2. The van der Waals surface area contributed by atoms with Crippen molar-refractivity contribution in [1.82, 2.24) is 5.32 Å². The number of carbonyl (C=O) groups excluding carboxylic acids is 2. The fraction of sp³-hybridized carbons (Fsp3) is 0.125. The van der Waals surface area contributed by atoms with Crippen LogP contribution in [0.1, 0.15) is 20.7 Å². The molecule has 0 radical (unpaired) electrons. The first kappa shape index (κ1) is 15.1. The molecule has 0 atom stereocenters. The Kier molecular flexibility index (Phi) is 4.95. The maximum Gasteiger partial charge on any atom is 0.255 e. The zero-order chi connectivity index (χ0) is 15.2. The van der Waals surface area contributed by atoms with Crippen LogP contribution in [0.3, 0.4) is 0 Å². The van der Waals surface area contributed by atoms with Crippen LogP contribution in [0.25, 0.3) is 0 Å². The second-order valence-corrected chi connectivity index (χ2v) is 4.75. The third kappa shape index (κ3) is 3.83. The minimum absolute atomic E-state index is 0.0748. The van der Waals surface area contributed by atoms with Crippen LogP contribution in [0, 0.1) is 0 Å². The van der Waals surface area contributed by atoms with E-state index in [0.29, 0.717) is 21.9 Å². The van der Waals surface area contributed by atoms with E-state index in [1.807, 2.05) is 6.07 Å². The summed E-state index contributed by atoms with van der Waals surface area (Å²) in [5, 5.41) is 3.06. The van der Waals surface area contributed by atoms with Crippen molar-refractivity contribution >= 4 is 23.3 Å². The number of hydrogen-bond donors (Lipinski definition) is 1.